The Labute approximate surface area is 120 Å². The monoisotopic (exact) mass is 288 g/mol. The molecule has 0 saturated carbocycles. The highest BCUT2D eigenvalue weighted by molar-refractivity contribution is 7.98. The summed E-state index contributed by atoms with van der Waals surface area (Å²) in [7, 11) is 0. The molecule has 0 radical (unpaired) electrons. The molecule has 5 nitrogen and oxygen atoms in total. The normalized spacial score (nSPS) is 10.1. The number of pyridine rings is 1. The van der Waals surface area contributed by atoms with Crippen LogP contribution in [0.1, 0.15) is 20.7 Å². The van der Waals surface area contributed by atoms with Crippen molar-refractivity contribution in [3.8, 4) is 0 Å². The fourth-order valence-corrected chi connectivity index (χ4v) is 2.24. The molecular formula is C14H12N2O3S. The summed E-state index contributed by atoms with van der Waals surface area (Å²) in [5.74, 6) is -1.16. The third kappa shape index (κ3) is 3.16. The van der Waals surface area contributed by atoms with E-state index in [4.69, 9.17) is 5.11 Å². The van der Waals surface area contributed by atoms with Gasteiger partial charge in [-0.3, -0.25) is 4.79 Å². The number of anilines is 1. The average molecular weight is 288 g/mol. The van der Waals surface area contributed by atoms with Crippen LogP contribution in [0.25, 0.3) is 0 Å². The first-order valence-corrected chi connectivity index (χ1v) is 6.98. The molecule has 1 amide bonds. The van der Waals surface area contributed by atoms with Crippen molar-refractivity contribution in [1.29, 1.82) is 0 Å². The number of aromatic carboxylic acids is 1. The van der Waals surface area contributed by atoms with E-state index in [2.05, 4.69) is 10.3 Å². The summed E-state index contributed by atoms with van der Waals surface area (Å²) in [5, 5.41) is 11.5. The van der Waals surface area contributed by atoms with Crippen LogP contribution in [0.3, 0.4) is 0 Å². The zero-order chi connectivity index (χ0) is 14.5. The number of hydrogen-bond donors (Lipinski definition) is 2. The number of hydrogen-bond acceptors (Lipinski definition) is 4. The van der Waals surface area contributed by atoms with E-state index in [9.17, 15) is 9.59 Å². The summed E-state index contributed by atoms with van der Waals surface area (Å²) in [4.78, 5) is 27.8. The topological polar surface area (TPSA) is 79.3 Å². The van der Waals surface area contributed by atoms with Gasteiger partial charge in [-0.05, 0) is 30.5 Å². The van der Waals surface area contributed by atoms with Crippen LogP contribution in [0.4, 0.5) is 5.82 Å². The van der Waals surface area contributed by atoms with Crippen LogP contribution in [0.5, 0.6) is 0 Å². The van der Waals surface area contributed by atoms with Crippen molar-refractivity contribution < 1.29 is 14.7 Å². The van der Waals surface area contributed by atoms with Gasteiger partial charge in [0.1, 0.15) is 5.82 Å². The van der Waals surface area contributed by atoms with Crippen molar-refractivity contribution in [1.82, 2.24) is 4.98 Å². The number of amides is 1. The molecule has 0 aliphatic heterocycles. The van der Waals surface area contributed by atoms with Crippen molar-refractivity contribution in [2.75, 3.05) is 11.6 Å². The van der Waals surface area contributed by atoms with Gasteiger partial charge < -0.3 is 10.4 Å². The van der Waals surface area contributed by atoms with Gasteiger partial charge in [-0.1, -0.05) is 12.1 Å². The van der Waals surface area contributed by atoms with Gasteiger partial charge in [-0.25, -0.2) is 9.78 Å². The van der Waals surface area contributed by atoms with Crippen LogP contribution in [0.15, 0.2) is 47.5 Å². The van der Waals surface area contributed by atoms with E-state index >= 15 is 0 Å². The first-order valence-electron chi connectivity index (χ1n) is 5.75. The fraction of sp³-hybridized carbons (Fsp3) is 0.0714. The molecule has 0 aliphatic rings. The van der Waals surface area contributed by atoms with Crippen LogP contribution in [0, 0.1) is 0 Å². The number of carboxylic acid groups (broad SMARTS) is 1. The molecule has 20 heavy (non-hydrogen) atoms. The van der Waals surface area contributed by atoms with E-state index in [0.29, 0.717) is 5.56 Å². The molecule has 2 N–H and O–H groups in total. The SMILES string of the molecule is CSc1ccccc1C(=O)Nc1cc(C(=O)O)ccn1. The molecule has 0 unspecified atom stereocenters. The van der Waals surface area contributed by atoms with Crippen molar-refractivity contribution in [3.63, 3.8) is 0 Å². The number of benzene rings is 1. The molecule has 6 heteroatoms. The zero-order valence-corrected chi connectivity index (χ0v) is 11.5. The van der Waals surface area contributed by atoms with Gasteiger partial charge in [-0.2, -0.15) is 0 Å². The number of carbonyl (C=O) groups excluding carboxylic acids is 1. The van der Waals surface area contributed by atoms with Crippen LogP contribution < -0.4 is 5.32 Å². The fourth-order valence-electron chi connectivity index (χ4n) is 1.65. The third-order valence-electron chi connectivity index (χ3n) is 2.60. The summed E-state index contributed by atoms with van der Waals surface area (Å²) in [6, 6.07) is 9.88. The Morgan fingerprint density at radius 2 is 2.00 bits per heavy atom. The van der Waals surface area contributed by atoms with Gasteiger partial charge in [0.15, 0.2) is 0 Å². The lowest BCUT2D eigenvalue weighted by Gasteiger charge is -2.08. The number of carboxylic acids is 1. The van der Waals surface area contributed by atoms with Crippen LogP contribution in [-0.2, 0) is 0 Å². The average Bonchev–Trinajstić information content (AvgIpc) is 2.47. The van der Waals surface area contributed by atoms with E-state index in [0.717, 1.165) is 4.90 Å². The summed E-state index contributed by atoms with van der Waals surface area (Å²) in [6.07, 6.45) is 3.23. The lowest BCUT2D eigenvalue weighted by Crippen LogP contribution is -2.14. The highest BCUT2D eigenvalue weighted by atomic mass is 32.2. The Balaban J connectivity index is 2.23. The molecule has 102 valence electrons. The van der Waals surface area contributed by atoms with Gasteiger partial charge in [0.2, 0.25) is 0 Å². The molecule has 0 saturated heterocycles. The second-order valence-electron chi connectivity index (χ2n) is 3.89. The smallest absolute Gasteiger partial charge is 0.335 e. The number of nitrogens with one attached hydrogen (secondary N) is 1. The summed E-state index contributed by atoms with van der Waals surface area (Å²) < 4.78 is 0. The van der Waals surface area contributed by atoms with Crippen LogP contribution in [0.2, 0.25) is 0 Å². The molecule has 2 rings (SSSR count). The summed E-state index contributed by atoms with van der Waals surface area (Å²) in [6.45, 7) is 0. The minimum Gasteiger partial charge on any atom is -0.478 e. The lowest BCUT2D eigenvalue weighted by atomic mass is 10.2. The Kier molecular flexibility index (Phi) is 4.37. The van der Waals surface area contributed by atoms with Gasteiger partial charge in [-0.15, -0.1) is 11.8 Å². The lowest BCUT2D eigenvalue weighted by molar-refractivity contribution is 0.0696. The second kappa shape index (κ2) is 6.21. The maximum Gasteiger partial charge on any atom is 0.335 e. The standard InChI is InChI=1S/C14H12N2O3S/c1-20-11-5-3-2-4-10(11)13(17)16-12-8-9(14(18)19)6-7-15-12/h2-8H,1H3,(H,18,19)(H,15,16,17). The molecule has 0 atom stereocenters. The predicted molar refractivity (Wildman–Crippen MR) is 77.4 cm³/mol. The maximum atomic E-state index is 12.2. The molecule has 1 heterocycles. The molecule has 0 aliphatic carbocycles. The Morgan fingerprint density at radius 3 is 2.70 bits per heavy atom. The molecule has 0 spiro atoms. The van der Waals surface area contributed by atoms with Gasteiger partial charge >= 0.3 is 5.97 Å². The Morgan fingerprint density at radius 1 is 1.25 bits per heavy atom. The number of nitrogens with zero attached hydrogens (tertiary/aromatic N) is 1. The molecule has 2 aromatic rings. The number of aromatic nitrogens is 1. The van der Waals surface area contributed by atoms with Gasteiger partial charge in [0.05, 0.1) is 11.1 Å². The zero-order valence-electron chi connectivity index (χ0n) is 10.7. The highest BCUT2D eigenvalue weighted by Crippen LogP contribution is 2.20. The molecule has 1 aromatic heterocycles. The summed E-state index contributed by atoms with van der Waals surface area (Å²) >= 11 is 1.47. The van der Waals surface area contributed by atoms with Gasteiger partial charge in [0.25, 0.3) is 5.91 Å². The molecule has 0 bridgehead atoms. The highest BCUT2D eigenvalue weighted by Gasteiger charge is 2.12. The third-order valence-corrected chi connectivity index (χ3v) is 3.40. The van der Waals surface area contributed by atoms with E-state index in [1.165, 1.54) is 30.1 Å². The van der Waals surface area contributed by atoms with Crippen LogP contribution in [-0.4, -0.2) is 28.2 Å². The minimum absolute atomic E-state index is 0.0773. The van der Waals surface area contributed by atoms with E-state index in [-0.39, 0.29) is 17.3 Å². The van der Waals surface area contributed by atoms with E-state index in [1.807, 2.05) is 18.4 Å². The number of thioether (sulfide) groups is 1. The Hall–Kier alpha value is -2.34. The second-order valence-corrected chi connectivity index (χ2v) is 4.74. The Bertz CT molecular complexity index is 658. The first-order chi connectivity index (χ1) is 9.61. The van der Waals surface area contributed by atoms with Crippen molar-refractivity contribution in [3.05, 3.63) is 53.7 Å². The molecule has 1 aromatic carbocycles. The van der Waals surface area contributed by atoms with Gasteiger partial charge in [0, 0.05) is 11.1 Å². The van der Waals surface area contributed by atoms with Crippen molar-refractivity contribution in [2.24, 2.45) is 0 Å². The number of carbonyl (C=O) groups is 2. The largest absolute Gasteiger partial charge is 0.478 e. The molecule has 0 fully saturated rings. The van der Waals surface area contributed by atoms with E-state index < -0.39 is 5.97 Å². The minimum atomic E-state index is -1.06. The quantitative estimate of drug-likeness (QED) is 0.846. The molecular weight excluding hydrogens is 276 g/mol. The number of rotatable bonds is 4. The van der Waals surface area contributed by atoms with E-state index in [1.54, 1.807) is 12.1 Å². The predicted octanol–water partition coefficient (Wildman–Crippen LogP) is 2.75. The van der Waals surface area contributed by atoms with Crippen molar-refractivity contribution in [2.45, 2.75) is 4.90 Å². The van der Waals surface area contributed by atoms with Crippen LogP contribution >= 0.6 is 11.8 Å². The van der Waals surface area contributed by atoms with Crippen molar-refractivity contribution >= 4 is 29.5 Å². The first kappa shape index (κ1) is 14.1. The summed E-state index contributed by atoms with van der Waals surface area (Å²) in [5.41, 5.74) is 0.607. The maximum absolute atomic E-state index is 12.2.